The number of fused-ring (bicyclic) bond motifs is 3. The summed E-state index contributed by atoms with van der Waals surface area (Å²) in [7, 11) is -3.91. The minimum absolute atomic E-state index is 0.0292. The molecule has 5 rings (SSSR count). The van der Waals surface area contributed by atoms with Crippen molar-refractivity contribution in [3.05, 3.63) is 106 Å². The number of sulfonamides is 1. The Hall–Kier alpha value is -4.18. The molecule has 0 saturated carbocycles. The van der Waals surface area contributed by atoms with E-state index in [9.17, 15) is 23.3 Å². The van der Waals surface area contributed by atoms with Crippen LogP contribution in [0.4, 0.5) is 17.1 Å². The molecule has 1 aliphatic carbocycles. The van der Waals surface area contributed by atoms with Gasteiger partial charge in [-0.05, 0) is 65.9 Å². The number of anilines is 2. The smallest absolute Gasteiger partial charge is 0.335 e. The second kappa shape index (κ2) is 8.55. The first kappa shape index (κ1) is 22.6. The molecule has 3 N–H and O–H groups in total. The van der Waals surface area contributed by atoms with Crippen LogP contribution in [0.15, 0.2) is 83.8 Å². The van der Waals surface area contributed by atoms with Gasteiger partial charge in [0.2, 0.25) is 0 Å². The molecule has 0 unspecified atom stereocenters. The van der Waals surface area contributed by atoms with Gasteiger partial charge in [-0.2, -0.15) is 0 Å². The molecule has 1 heterocycles. The molecule has 0 aromatic heterocycles. The summed E-state index contributed by atoms with van der Waals surface area (Å²) >= 11 is 0. The third kappa shape index (κ3) is 4.24. The maximum atomic E-state index is 13.1. The van der Waals surface area contributed by atoms with E-state index in [1.807, 2.05) is 6.07 Å². The van der Waals surface area contributed by atoms with Gasteiger partial charge in [0, 0.05) is 29.4 Å². The fourth-order valence-corrected chi connectivity index (χ4v) is 5.89. The third-order valence-corrected chi connectivity index (χ3v) is 7.85. The molecular formula is C25H21N3O6S. The Labute approximate surface area is 201 Å². The summed E-state index contributed by atoms with van der Waals surface area (Å²) in [5.74, 6) is -1.05. The highest BCUT2D eigenvalue weighted by atomic mass is 32.2. The van der Waals surface area contributed by atoms with E-state index in [1.165, 1.54) is 36.4 Å². The van der Waals surface area contributed by atoms with Crippen LogP contribution in [0.1, 0.15) is 39.9 Å². The van der Waals surface area contributed by atoms with Crippen molar-refractivity contribution >= 4 is 33.1 Å². The molecule has 0 bridgehead atoms. The largest absolute Gasteiger partial charge is 0.478 e. The highest BCUT2D eigenvalue weighted by molar-refractivity contribution is 7.92. The Bertz CT molecular complexity index is 1470. The number of nitrogens with one attached hydrogen (secondary N) is 2. The van der Waals surface area contributed by atoms with Crippen LogP contribution in [0.5, 0.6) is 0 Å². The third-order valence-electron chi connectivity index (χ3n) is 6.47. The summed E-state index contributed by atoms with van der Waals surface area (Å²) in [5.41, 5.74) is 2.78. The SMILES string of the molecule is O=C(O)c1ccc(NS(=O)(=O)c2ccc3c(c2)[C@H]2C=CC[C@H]2[C@@H](c2cccc([N+](=O)[O-])c2)N3)cc1. The van der Waals surface area contributed by atoms with Gasteiger partial charge in [0.25, 0.3) is 15.7 Å². The number of allylic oxidation sites excluding steroid dienone is 2. The summed E-state index contributed by atoms with van der Waals surface area (Å²) in [6, 6.07) is 16.8. The summed E-state index contributed by atoms with van der Waals surface area (Å²) < 4.78 is 28.6. The highest BCUT2D eigenvalue weighted by Gasteiger charge is 2.38. The molecule has 3 aromatic carbocycles. The molecular weight excluding hydrogens is 470 g/mol. The Morgan fingerprint density at radius 3 is 2.57 bits per heavy atom. The van der Waals surface area contributed by atoms with Gasteiger partial charge in [-0.15, -0.1) is 0 Å². The summed E-state index contributed by atoms with van der Waals surface area (Å²) in [4.78, 5) is 22.0. The van der Waals surface area contributed by atoms with E-state index in [4.69, 9.17) is 5.11 Å². The molecule has 0 saturated heterocycles. The van der Waals surface area contributed by atoms with Crippen LogP contribution < -0.4 is 10.0 Å². The molecule has 0 spiro atoms. The van der Waals surface area contributed by atoms with Crippen LogP contribution in [0.2, 0.25) is 0 Å². The lowest BCUT2D eigenvalue weighted by Gasteiger charge is -2.37. The zero-order valence-corrected chi connectivity index (χ0v) is 19.1. The number of nitro benzene ring substituents is 1. The number of carbonyl (C=O) groups is 1. The number of nitrogens with zero attached hydrogens (tertiary/aromatic N) is 1. The van der Waals surface area contributed by atoms with Crippen molar-refractivity contribution in [3.8, 4) is 0 Å². The van der Waals surface area contributed by atoms with Crippen LogP contribution in [0.3, 0.4) is 0 Å². The number of hydrogen-bond donors (Lipinski definition) is 3. The number of benzene rings is 3. The number of carboxylic acids is 1. The monoisotopic (exact) mass is 491 g/mol. The first-order valence-electron chi connectivity index (χ1n) is 10.9. The molecule has 10 heteroatoms. The van der Waals surface area contributed by atoms with Crippen LogP contribution in [0.25, 0.3) is 0 Å². The first-order valence-corrected chi connectivity index (χ1v) is 12.4. The quantitative estimate of drug-likeness (QED) is 0.253. The molecule has 3 atom stereocenters. The normalized spacial score (nSPS) is 20.4. The lowest BCUT2D eigenvalue weighted by molar-refractivity contribution is -0.384. The van der Waals surface area contributed by atoms with Gasteiger partial charge >= 0.3 is 5.97 Å². The van der Waals surface area contributed by atoms with E-state index >= 15 is 0 Å². The molecule has 178 valence electrons. The Kier molecular flexibility index (Phi) is 5.52. The van der Waals surface area contributed by atoms with Crippen molar-refractivity contribution in [2.24, 2.45) is 5.92 Å². The zero-order valence-electron chi connectivity index (χ0n) is 18.3. The average Bonchev–Trinajstić information content (AvgIpc) is 3.34. The highest BCUT2D eigenvalue weighted by Crippen LogP contribution is 2.50. The van der Waals surface area contributed by atoms with Gasteiger partial charge in [-0.3, -0.25) is 14.8 Å². The maximum absolute atomic E-state index is 13.1. The maximum Gasteiger partial charge on any atom is 0.335 e. The van der Waals surface area contributed by atoms with Crippen molar-refractivity contribution in [2.45, 2.75) is 23.3 Å². The van der Waals surface area contributed by atoms with E-state index in [0.717, 1.165) is 23.2 Å². The molecule has 3 aromatic rings. The Balaban J connectivity index is 1.45. The minimum atomic E-state index is -3.91. The summed E-state index contributed by atoms with van der Waals surface area (Å²) in [6.07, 6.45) is 4.87. The number of non-ortho nitro benzene ring substituents is 1. The first-order chi connectivity index (χ1) is 16.7. The second-order valence-electron chi connectivity index (χ2n) is 8.56. The summed E-state index contributed by atoms with van der Waals surface area (Å²) in [5, 5.41) is 23.7. The standard InChI is InChI=1S/C25H21N3O6S/c29-25(30)15-7-9-17(10-8-15)27-35(33,34)19-11-12-23-22(14-19)20-5-2-6-21(20)24(26-23)16-3-1-4-18(13-16)28(31)32/h1-5,7-14,20-21,24,26-27H,6H2,(H,29,30)/t20-,21+,24+/m0/s1. The van der Waals surface area contributed by atoms with Gasteiger partial charge in [0.1, 0.15) is 0 Å². The zero-order chi connectivity index (χ0) is 24.7. The molecule has 0 fully saturated rings. The van der Waals surface area contributed by atoms with Crippen LogP contribution in [0, 0.1) is 16.0 Å². The predicted octanol–water partition coefficient (Wildman–Crippen LogP) is 4.92. The van der Waals surface area contributed by atoms with Gasteiger partial charge in [0.15, 0.2) is 0 Å². The number of rotatable bonds is 6. The lowest BCUT2D eigenvalue weighted by Crippen LogP contribution is -2.29. The Morgan fingerprint density at radius 1 is 1.09 bits per heavy atom. The van der Waals surface area contributed by atoms with Gasteiger partial charge in [-0.25, -0.2) is 13.2 Å². The predicted molar refractivity (Wildman–Crippen MR) is 130 cm³/mol. The van der Waals surface area contributed by atoms with Crippen molar-refractivity contribution in [1.82, 2.24) is 0 Å². The van der Waals surface area contributed by atoms with E-state index in [0.29, 0.717) is 0 Å². The van der Waals surface area contributed by atoms with Crippen molar-refractivity contribution in [3.63, 3.8) is 0 Å². The lowest BCUT2D eigenvalue weighted by atomic mass is 9.77. The Morgan fingerprint density at radius 2 is 1.86 bits per heavy atom. The summed E-state index contributed by atoms with van der Waals surface area (Å²) in [6.45, 7) is 0. The van der Waals surface area contributed by atoms with Crippen LogP contribution in [-0.4, -0.2) is 24.4 Å². The number of carboxylic acid groups (broad SMARTS) is 1. The van der Waals surface area contributed by atoms with E-state index in [2.05, 4.69) is 22.2 Å². The fourth-order valence-electron chi connectivity index (χ4n) is 4.80. The molecule has 0 amide bonds. The molecule has 0 radical (unpaired) electrons. The topological polar surface area (TPSA) is 139 Å². The van der Waals surface area contributed by atoms with Crippen LogP contribution in [-0.2, 0) is 10.0 Å². The molecule has 9 nitrogen and oxygen atoms in total. The number of nitro groups is 1. The van der Waals surface area contributed by atoms with E-state index in [-0.39, 0.29) is 39.7 Å². The van der Waals surface area contributed by atoms with Gasteiger partial charge in [0.05, 0.1) is 21.4 Å². The fraction of sp³-hybridized carbons (Fsp3) is 0.160. The van der Waals surface area contributed by atoms with Crippen molar-refractivity contribution in [2.75, 3.05) is 10.0 Å². The van der Waals surface area contributed by atoms with Crippen LogP contribution >= 0.6 is 0 Å². The van der Waals surface area contributed by atoms with Crippen molar-refractivity contribution < 1.29 is 23.2 Å². The molecule has 35 heavy (non-hydrogen) atoms. The minimum Gasteiger partial charge on any atom is -0.478 e. The van der Waals surface area contributed by atoms with Gasteiger partial charge in [-0.1, -0.05) is 24.3 Å². The molecule has 1 aliphatic heterocycles. The second-order valence-corrected chi connectivity index (χ2v) is 10.2. The molecule has 2 aliphatic rings. The van der Waals surface area contributed by atoms with Gasteiger partial charge < -0.3 is 10.4 Å². The van der Waals surface area contributed by atoms with E-state index < -0.39 is 20.9 Å². The van der Waals surface area contributed by atoms with E-state index in [1.54, 1.807) is 24.3 Å². The average molecular weight is 492 g/mol. The van der Waals surface area contributed by atoms with Crippen molar-refractivity contribution in [1.29, 1.82) is 0 Å². The number of hydrogen-bond acceptors (Lipinski definition) is 6. The number of aromatic carboxylic acids is 1.